The number of benzene rings is 1. The monoisotopic (exact) mass is 615 g/mol. The van der Waals surface area contributed by atoms with Crippen molar-refractivity contribution < 1.29 is 45.0 Å². The Hall–Kier alpha value is -2.45. The number of aromatic nitrogens is 2. The Balaban J connectivity index is 1.83. The summed E-state index contributed by atoms with van der Waals surface area (Å²) >= 11 is 6.51. The Bertz CT molecular complexity index is 1290. The molecule has 0 spiro atoms. The van der Waals surface area contributed by atoms with E-state index in [-0.39, 0.29) is 46.5 Å². The van der Waals surface area contributed by atoms with Crippen LogP contribution in [0.25, 0.3) is 11.3 Å². The van der Waals surface area contributed by atoms with E-state index in [1.54, 1.807) is 6.92 Å². The second kappa shape index (κ2) is 13.0. The number of nitrogens with one attached hydrogen (secondary N) is 1. The molecule has 2 N–H and O–H groups in total. The van der Waals surface area contributed by atoms with Crippen LogP contribution in [0, 0.1) is 5.92 Å². The average Bonchev–Trinajstić information content (AvgIpc) is 3.20. The van der Waals surface area contributed by atoms with Crippen LogP contribution >= 0.6 is 11.6 Å². The number of amides is 1. The third-order valence-corrected chi connectivity index (χ3v) is 8.96. The van der Waals surface area contributed by atoms with Gasteiger partial charge < -0.3 is 15.2 Å². The predicted molar refractivity (Wildman–Crippen MR) is 138 cm³/mol. The van der Waals surface area contributed by atoms with Gasteiger partial charge >= 0.3 is 12.8 Å². The minimum atomic E-state index is -4.50. The molecule has 1 unspecified atom stereocenters. The molecule has 1 aliphatic rings. The van der Waals surface area contributed by atoms with Crippen LogP contribution in [0.15, 0.2) is 18.2 Å². The highest BCUT2D eigenvalue weighted by molar-refractivity contribution is 7.91. The molecule has 0 aliphatic heterocycles. The van der Waals surface area contributed by atoms with Gasteiger partial charge in [0.1, 0.15) is 15.6 Å². The number of ether oxygens (including phenoxy) is 1. The van der Waals surface area contributed by atoms with Crippen molar-refractivity contribution in [2.45, 2.75) is 76.1 Å². The van der Waals surface area contributed by atoms with Crippen LogP contribution in [0.3, 0.4) is 0 Å². The number of rotatable bonds is 11. The summed E-state index contributed by atoms with van der Waals surface area (Å²) in [6, 6.07) is 3.55. The number of carbonyl (C=O) groups excluding carboxylic acids is 1. The van der Waals surface area contributed by atoms with E-state index in [2.05, 4.69) is 15.2 Å². The highest BCUT2D eigenvalue weighted by atomic mass is 35.5. The number of halogens is 6. The van der Waals surface area contributed by atoms with E-state index in [4.69, 9.17) is 11.6 Å². The number of hydrogen-bond donors (Lipinski definition) is 2. The summed E-state index contributed by atoms with van der Waals surface area (Å²) in [5.74, 6) is -1.00. The SMILES string of the molecule is CCn1nc(C(=O)NCC2CCC(S(C)(=O)=O)CC2)c(Cl)c1-c1ccc(C(O)CCC(F)(F)F)cc1OC(F)F. The summed E-state index contributed by atoms with van der Waals surface area (Å²) in [6.07, 6.45) is -4.58. The normalized spacial score (nSPS) is 19.1. The first kappa shape index (κ1) is 32.1. The predicted octanol–water partition coefficient (Wildman–Crippen LogP) is 5.53. The maximum Gasteiger partial charge on any atom is 0.389 e. The van der Waals surface area contributed by atoms with Crippen molar-refractivity contribution in [3.8, 4) is 17.0 Å². The minimum absolute atomic E-state index is 0.00423. The van der Waals surface area contributed by atoms with Gasteiger partial charge in [0.25, 0.3) is 5.91 Å². The van der Waals surface area contributed by atoms with E-state index >= 15 is 0 Å². The first-order chi connectivity index (χ1) is 18.6. The van der Waals surface area contributed by atoms with Crippen LogP contribution < -0.4 is 10.1 Å². The summed E-state index contributed by atoms with van der Waals surface area (Å²) in [5, 5.41) is 16.6. The maximum absolute atomic E-state index is 13.3. The van der Waals surface area contributed by atoms with Crippen LogP contribution in [0.5, 0.6) is 5.75 Å². The molecule has 1 atom stereocenters. The number of aliphatic hydroxyl groups is 1. The first-order valence-corrected chi connectivity index (χ1v) is 15.0. The van der Waals surface area contributed by atoms with Gasteiger partial charge in [0.05, 0.1) is 22.1 Å². The van der Waals surface area contributed by atoms with Crippen LogP contribution in [-0.4, -0.2) is 60.1 Å². The van der Waals surface area contributed by atoms with E-state index < -0.39 is 58.5 Å². The van der Waals surface area contributed by atoms with E-state index in [1.807, 2.05) is 0 Å². The van der Waals surface area contributed by atoms with Crippen molar-refractivity contribution >= 4 is 27.3 Å². The molecule has 40 heavy (non-hydrogen) atoms. The van der Waals surface area contributed by atoms with Gasteiger partial charge in [0.2, 0.25) is 0 Å². The smallest absolute Gasteiger partial charge is 0.389 e. The standard InChI is InChI=1S/C25H31ClF5N3O5S/c1-3-34-22(17-9-6-15(12-19(17)39-24(27)28)18(35)10-11-25(29,30)31)20(26)21(33-34)23(36)32-13-14-4-7-16(8-5-14)40(2,37)38/h6,9,12,14,16,18,24,35H,3-5,7-8,10-11,13H2,1-2H3,(H,32,36). The maximum atomic E-state index is 13.3. The third kappa shape index (κ3) is 8.29. The zero-order valence-corrected chi connectivity index (χ0v) is 23.4. The molecule has 1 amide bonds. The fourth-order valence-electron chi connectivity index (χ4n) is 4.76. The van der Waals surface area contributed by atoms with Gasteiger partial charge in [-0.05, 0) is 62.6 Å². The van der Waals surface area contributed by atoms with Gasteiger partial charge in [-0.25, -0.2) is 8.42 Å². The minimum Gasteiger partial charge on any atom is -0.434 e. The molecule has 1 aliphatic carbocycles. The number of aryl methyl sites for hydroxylation is 1. The number of sulfone groups is 1. The molecule has 0 saturated heterocycles. The molecule has 8 nitrogen and oxygen atoms in total. The lowest BCUT2D eigenvalue weighted by Gasteiger charge is -2.27. The second-order valence-electron chi connectivity index (χ2n) is 9.81. The Labute approximate surface area is 233 Å². The topological polar surface area (TPSA) is 111 Å². The van der Waals surface area contributed by atoms with Crippen molar-refractivity contribution in [2.24, 2.45) is 5.92 Å². The Morgan fingerprint density at radius 1 is 1.25 bits per heavy atom. The zero-order chi connectivity index (χ0) is 29.8. The number of alkyl halides is 5. The number of carbonyl (C=O) groups is 1. The van der Waals surface area contributed by atoms with Crippen LogP contribution in [0.2, 0.25) is 5.02 Å². The fraction of sp³-hybridized carbons (Fsp3) is 0.600. The molecule has 1 aromatic heterocycles. The van der Waals surface area contributed by atoms with Crippen molar-refractivity contribution in [1.29, 1.82) is 0 Å². The summed E-state index contributed by atoms with van der Waals surface area (Å²) < 4.78 is 93.6. The molecule has 1 fully saturated rings. The lowest BCUT2D eigenvalue weighted by Crippen LogP contribution is -2.34. The lowest BCUT2D eigenvalue weighted by atomic mass is 9.89. The Morgan fingerprint density at radius 2 is 1.90 bits per heavy atom. The number of nitrogens with zero attached hydrogens (tertiary/aromatic N) is 2. The summed E-state index contributed by atoms with van der Waals surface area (Å²) in [5.41, 5.74) is -0.147. The molecule has 1 heterocycles. The van der Waals surface area contributed by atoms with Crippen molar-refractivity contribution in [3.63, 3.8) is 0 Å². The van der Waals surface area contributed by atoms with Gasteiger partial charge in [0, 0.05) is 31.3 Å². The molecular formula is C25H31ClF5N3O5S. The lowest BCUT2D eigenvalue weighted by molar-refractivity contribution is -0.140. The van der Waals surface area contributed by atoms with Crippen LogP contribution in [0.1, 0.15) is 67.6 Å². The van der Waals surface area contributed by atoms with Gasteiger partial charge in [-0.15, -0.1) is 0 Å². The van der Waals surface area contributed by atoms with E-state index in [0.717, 1.165) is 6.07 Å². The number of hydrogen-bond acceptors (Lipinski definition) is 6. The quantitative estimate of drug-likeness (QED) is 0.322. The summed E-state index contributed by atoms with van der Waals surface area (Å²) in [6.45, 7) is -1.16. The molecule has 3 rings (SSSR count). The molecule has 1 saturated carbocycles. The van der Waals surface area contributed by atoms with E-state index in [0.29, 0.717) is 25.7 Å². The average molecular weight is 616 g/mol. The van der Waals surface area contributed by atoms with Gasteiger partial charge in [-0.2, -0.15) is 27.1 Å². The van der Waals surface area contributed by atoms with Crippen LogP contribution in [-0.2, 0) is 16.4 Å². The van der Waals surface area contributed by atoms with Crippen molar-refractivity contribution in [2.75, 3.05) is 12.8 Å². The molecule has 1 aromatic carbocycles. The molecule has 15 heteroatoms. The highest BCUT2D eigenvalue weighted by Gasteiger charge is 2.31. The second-order valence-corrected chi connectivity index (χ2v) is 12.5. The third-order valence-electron chi connectivity index (χ3n) is 6.92. The molecule has 0 radical (unpaired) electrons. The van der Waals surface area contributed by atoms with Crippen LogP contribution in [0.4, 0.5) is 22.0 Å². The van der Waals surface area contributed by atoms with E-state index in [9.17, 15) is 40.3 Å². The van der Waals surface area contributed by atoms with Crippen molar-refractivity contribution in [1.82, 2.24) is 15.1 Å². The summed E-state index contributed by atoms with van der Waals surface area (Å²) in [4.78, 5) is 13.0. The summed E-state index contributed by atoms with van der Waals surface area (Å²) in [7, 11) is -3.12. The number of aliphatic hydroxyl groups excluding tert-OH is 1. The zero-order valence-electron chi connectivity index (χ0n) is 21.8. The molecule has 2 aromatic rings. The van der Waals surface area contributed by atoms with Gasteiger partial charge in [0.15, 0.2) is 5.69 Å². The van der Waals surface area contributed by atoms with Gasteiger partial charge in [-0.3, -0.25) is 9.48 Å². The van der Waals surface area contributed by atoms with E-state index in [1.165, 1.54) is 23.1 Å². The fourth-order valence-corrected chi connectivity index (χ4v) is 6.21. The molecule has 0 bridgehead atoms. The molecular weight excluding hydrogens is 585 g/mol. The Morgan fingerprint density at radius 3 is 2.45 bits per heavy atom. The highest BCUT2D eigenvalue weighted by Crippen LogP contribution is 2.40. The first-order valence-electron chi connectivity index (χ1n) is 12.7. The van der Waals surface area contributed by atoms with Crippen molar-refractivity contribution in [3.05, 3.63) is 34.5 Å². The van der Waals surface area contributed by atoms with Gasteiger partial charge in [-0.1, -0.05) is 17.7 Å². The largest absolute Gasteiger partial charge is 0.434 e. The molecule has 224 valence electrons. The Kier molecular flexibility index (Phi) is 10.4.